The van der Waals surface area contributed by atoms with Gasteiger partial charge < -0.3 is 15.3 Å². The molecule has 3 rings (SSSR count). The van der Waals surface area contributed by atoms with Crippen molar-refractivity contribution in [3.8, 4) is 0 Å². The Bertz CT molecular complexity index is 379. The van der Waals surface area contributed by atoms with E-state index in [1.165, 1.54) is 25.7 Å². The molecule has 5 heteroatoms. The van der Waals surface area contributed by atoms with Crippen molar-refractivity contribution in [2.45, 2.75) is 51.0 Å². The van der Waals surface area contributed by atoms with Crippen LogP contribution < -0.4 is 5.32 Å². The number of rotatable bonds is 5. The van der Waals surface area contributed by atoms with Gasteiger partial charge in [0.1, 0.15) is 0 Å². The van der Waals surface area contributed by atoms with Crippen LogP contribution in [-0.4, -0.2) is 41.1 Å². The van der Waals surface area contributed by atoms with E-state index in [1.54, 1.807) is 0 Å². The molecule has 0 spiro atoms. The van der Waals surface area contributed by atoms with Crippen LogP contribution in [0.1, 0.15) is 44.9 Å². The van der Waals surface area contributed by atoms with Gasteiger partial charge >= 0.3 is 12.0 Å². The molecule has 2 saturated carbocycles. The van der Waals surface area contributed by atoms with E-state index in [2.05, 4.69) is 5.32 Å². The molecule has 2 N–H and O–H groups in total. The van der Waals surface area contributed by atoms with Crippen molar-refractivity contribution in [3.63, 3.8) is 0 Å². The lowest BCUT2D eigenvalue weighted by Gasteiger charge is -2.33. The second-order valence-corrected chi connectivity index (χ2v) is 6.70. The van der Waals surface area contributed by atoms with Crippen LogP contribution in [0.25, 0.3) is 0 Å². The Balaban J connectivity index is 1.51. The van der Waals surface area contributed by atoms with Gasteiger partial charge in [-0.25, -0.2) is 4.79 Å². The molecule has 0 aromatic heterocycles. The van der Waals surface area contributed by atoms with Crippen molar-refractivity contribution < 1.29 is 14.7 Å². The van der Waals surface area contributed by atoms with Crippen LogP contribution in [0, 0.1) is 17.8 Å². The van der Waals surface area contributed by atoms with E-state index >= 15 is 0 Å². The van der Waals surface area contributed by atoms with E-state index < -0.39 is 5.97 Å². The Morgan fingerprint density at radius 1 is 1.15 bits per heavy atom. The number of nitrogens with zero attached hydrogens (tertiary/aromatic N) is 1. The molecule has 2 amide bonds. The molecule has 20 heavy (non-hydrogen) atoms. The molecule has 5 nitrogen and oxygen atoms in total. The number of likely N-dealkylation sites (tertiary alicyclic amines) is 1. The van der Waals surface area contributed by atoms with Gasteiger partial charge in [0.25, 0.3) is 0 Å². The minimum atomic E-state index is -0.758. The fourth-order valence-electron chi connectivity index (χ4n) is 3.43. The number of carbonyl (C=O) groups excluding carboxylic acids is 1. The number of piperidine rings is 1. The van der Waals surface area contributed by atoms with Crippen LogP contribution >= 0.6 is 0 Å². The zero-order valence-corrected chi connectivity index (χ0v) is 11.9. The summed E-state index contributed by atoms with van der Waals surface area (Å²) in [5.41, 5.74) is 0. The zero-order chi connectivity index (χ0) is 14.1. The molecule has 1 heterocycles. The standard InChI is InChI=1S/C15H24N2O3/c18-13(19)8-10-2-1-7-17(9-10)15(20)16-14(11-3-4-11)12-5-6-12/h10-12,14H,1-9H2,(H,16,20)(H,18,19). The maximum atomic E-state index is 12.4. The summed E-state index contributed by atoms with van der Waals surface area (Å²) >= 11 is 0. The Kier molecular flexibility index (Phi) is 3.85. The summed E-state index contributed by atoms with van der Waals surface area (Å²) in [6, 6.07) is 0.409. The molecule has 1 aliphatic heterocycles. The van der Waals surface area contributed by atoms with Crippen LogP contribution in [0.15, 0.2) is 0 Å². The van der Waals surface area contributed by atoms with E-state index in [0.29, 0.717) is 24.4 Å². The highest BCUT2D eigenvalue weighted by Crippen LogP contribution is 2.44. The third-order valence-corrected chi connectivity index (χ3v) is 4.82. The highest BCUT2D eigenvalue weighted by atomic mass is 16.4. The Morgan fingerprint density at radius 3 is 2.35 bits per heavy atom. The van der Waals surface area contributed by atoms with Gasteiger partial charge in [-0.1, -0.05) is 0 Å². The molecular weight excluding hydrogens is 256 g/mol. The fourth-order valence-corrected chi connectivity index (χ4v) is 3.43. The first-order valence-corrected chi connectivity index (χ1v) is 7.90. The first-order chi connectivity index (χ1) is 9.63. The van der Waals surface area contributed by atoms with Gasteiger partial charge in [-0.2, -0.15) is 0 Å². The number of amides is 2. The van der Waals surface area contributed by atoms with Crippen molar-refractivity contribution in [1.29, 1.82) is 0 Å². The maximum Gasteiger partial charge on any atom is 0.317 e. The van der Waals surface area contributed by atoms with E-state index in [4.69, 9.17) is 5.11 Å². The third kappa shape index (κ3) is 3.44. The molecule has 0 bridgehead atoms. The summed E-state index contributed by atoms with van der Waals surface area (Å²) in [5.74, 6) is 0.760. The molecule has 3 fully saturated rings. The number of urea groups is 1. The van der Waals surface area contributed by atoms with E-state index in [0.717, 1.165) is 19.4 Å². The predicted molar refractivity (Wildman–Crippen MR) is 74.3 cm³/mol. The lowest BCUT2D eigenvalue weighted by molar-refractivity contribution is -0.138. The zero-order valence-electron chi connectivity index (χ0n) is 11.9. The molecule has 112 valence electrons. The average Bonchev–Trinajstić information content (AvgIpc) is 3.28. The molecule has 3 aliphatic rings. The quantitative estimate of drug-likeness (QED) is 0.810. The number of carbonyl (C=O) groups is 2. The van der Waals surface area contributed by atoms with E-state index in [9.17, 15) is 9.59 Å². The highest BCUT2D eigenvalue weighted by Gasteiger charge is 2.42. The van der Waals surface area contributed by atoms with Gasteiger partial charge in [-0.15, -0.1) is 0 Å². The van der Waals surface area contributed by atoms with Crippen molar-refractivity contribution in [3.05, 3.63) is 0 Å². The molecule has 0 aromatic carbocycles. The highest BCUT2D eigenvalue weighted by molar-refractivity contribution is 5.75. The summed E-state index contributed by atoms with van der Waals surface area (Å²) < 4.78 is 0. The smallest absolute Gasteiger partial charge is 0.317 e. The minimum Gasteiger partial charge on any atom is -0.481 e. The van der Waals surface area contributed by atoms with Crippen molar-refractivity contribution in [1.82, 2.24) is 10.2 Å². The molecule has 1 atom stereocenters. The first kappa shape index (κ1) is 13.7. The molecule has 0 radical (unpaired) electrons. The SMILES string of the molecule is O=C(O)CC1CCCN(C(=O)NC(C2CC2)C2CC2)C1. The van der Waals surface area contributed by atoms with E-state index in [-0.39, 0.29) is 18.4 Å². The third-order valence-electron chi connectivity index (χ3n) is 4.82. The molecule has 2 aliphatic carbocycles. The monoisotopic (exact) mass is 280 g/mol. The number of aliphatic carboxylic acids is 1. The Morgan fingerprint density at radius 2 is 1.80 bits per heavy atom. The van der Waals surface area contributed by atoms with Gasteiger partial charge in [-0.05, 0) is 56.3 Å². The number of carboxylic acid groups (broad SMARTS) is 1. The predicted octanol–water partition coefficient (Wildman–Crippen LogP) is 2.07. The van der Waals surface area contributed by atoms with Crippen LogP contribution in [0.3, 0.4) is 0 Å². The number of nitrogens with one attached hydrogen (secondary N) is 1. The van der Waals surface area contributed by atoms with Gasteiger partial charge in [0, 0.05) is 25.6 Å². The van der Waals surface area contributed by atoms with Gasteiger partial charge in [0.2, 0.25) is 0 Å². The van der Waals surface area contributed by atoms with Crippen molar-refractivity contribution >= 4 is 12.0 Å². The van der Waals surface area contributed by atoms with Gasteiger partial charge in [0.15, 0.2) is 0 Å². The van der Waals surface area contributed by atoms with Gasteiger partial charge in [-0.3, -0.25) is 4.79 Å². The maximum absolute atomic E-state index is 12.4. The van der Waals surface area contributed by atoms with Gasteiger partial charge in [0.05, 0.1) is 0 Å². The van der Waals surface area contributed by atoms with Crippen LogP contribution in [0.2, 0.25) is 0 Å². The topological polar surface area (TPSA) is 69.6 Å². The second-order valence-electron chi connectivity index (χ2n) is 6.70. The molecule has 1 saturated heterocycles. The summed E-state index contributed by atoms with van der Waals surface area (Å²) in [7, 11) is 0. The fraction of sp³-hybridized carbons (Fsp3) is 0.867. The number of carboxylic acids is 1. The summed E-state index contributed by atoms with van der Waals surface area (Å²) in [5, 5.41) is 12.1. The molecule has 1 unspecified atom stereocenters. The normalized spacial score (nSPS) is 26.6. The van der Waals surface area contributed by atoms with Crippen LogP contribution in [0.5, 0.6) is 0 Å². The average molecular weight is 280 g/mol. The lowest BCUT2D eigenvalue weighted by Crippen LogP contribution is -2.50. The summed E-state index contributed by atoms with van der Waals surface area (Å²) in [6.07, 6.45) is 7.03. The summed E-state index contributed by atoms with van der Waals surface area (Å²) in [6.45, 7) is 1.37. The van der Waals surface area contributed by atoms with Crippen molar-refractivity contribution in [2.24, 2.45) is 17.8 Å². The Hall–Kier alpha value is -1.26. The number of hydrogen-bond acceptors (Lipinski definition) is 2. The van der Waals surface area contributed by atoms with Crippen molar-refractivity contribution in [2.75, 3.05) is 13.1 Å². The molecule has 0 aromatic rings. The minimum absolute atomic E-state index is 0.0314. The summed E-state index contributed by atoms with van der Waals surface area (Å²) in [4.78, 5) is 25.0. The Labute approximate surface area is 119 Å². The lowest BCUT2D eigenvalue weighted by atomic mass is 9.95. The largest absolute Gasteiger partial charge is 0.481 e. The molecular formula is C15H24N2O3. The van der Waals surface area contributed by atoms with Crippen LogP contribution in [0.4, 0.5) is 4.79 Å². The van der Waals surface area contributed by atoms with Crippen LogP contribution in [-0.2, 0) is 4.79 Å². The number of hydrogen-bond donors (Lipinski definition) is 2. The second kappa shape index (κ2) is 5.62. The van der Waals surface area contributed by atoms with E-state index in [1.807, 2.05) is 4.90 Å². The first-order valence-electron chi connectivity index (χ1n) is 7.90.